The van der Waals surface area contributed by atoms with Gasteiger partial charge >= 0.3 is 6.09 Å². The van der Waals surface area contributed by atoms with Crippen molar-refractivity contribution in [1.29, 1.82) is 0 Å². The lowest BCUT2D eigenvalue weighted by Crippen LogP contribution is -2.23. The first-order chi connectivity index (χ1) is 10.2. The summed E-state index contributed by atoms with van der Waals surface area (Å²) in [5.74, 6) is 0.613. The van der Waals surface area contributed by atoms with E-state index in [-0.39, 0.29) is 6.09 Å². The van der Waals surface area contributed by atoms with E-state index in [1.54, 1.807) is 11.1 Å². The zero-order chi connectivity index (χ0) is 14.7. The Morgan fingerprint density at radius 3 is 2.76 bits per heavy atom. The molecule has 1 aliphatic heterocycles. The molecule has 1 N–H and O–H groups in total. The first kappa shape index (κ1) is 13.4. The second-order valence-electron chi connectivity index (χ2n) is 4.81. The van der Waals surface area contributed by atoms with Crippen LogP contribution in [0.2, 0.25) is 0 Å². The molecule has 108 valence electrons. The van der Waals surface area contributed by atoms with Gasteiger partial charge in [0.05, 0.1) is 6.54 Å². The summed E-state index contributed by atoms with van der Waals surface area (Å²) in [6.45, 7) is 3.62. The molecule has 6 heteroatoms. The van der Waals surface area contributed by atoms with Gasteiger partial charge in [0.2, 0.25) is 5.95 Å². The van der Waals surface area contributed by atoms with Crippen molar-refractivity contribution in [3.05, 3.63) is 47.8 Å². The number of rotatable bonds is 4. The highest BCUT2D eigenvalue weighted by molar-refractivity contribution is 5.89. The van der Waals surface area contributed by atoms with Crippen LogP contribution in [0.15, 0.2) is 36.5 Å². The number of aromatic nitrogens is 2. The summed E-state index contributed by atoms with van der Waals surface area (Å²) in [6.07, 6.45) is 1.45. The van der Waals surface area contributed by atoms with Crippen molar-refractivity contribution in [2.24, 2.45) is 0 Å². The minimum atomic E-state index is -0.283. The van der Waals surface area contributed by atoms with Crippen molar-refractivity contribution in [1.82, 2.24) is 9.97 Å². The molecule has 0 aliphatic carbocycles. The van der Waals surface area contributed by atoms with Crippen molar-refractivity contribution in [3.8, 4) is 0 Å². The van der Waals surface area contributed by atoms with Crippen molar-refractivity contribution in [2.75, 3.05) is 23.4 Å². The molecule has 1 aliphatic rings. The third-order valence-electron chi connectivity index (χ3n) is 3.25. The van der Waals surface area contributed by atoms with E-state index in [2.05, 4.69) is 15.3 Å². The van der Waals surface area contributed by atoms with Crippen LogP contribution < -0.4 is 10.2 Å². The van der Waals surface area contributed by atoms with E-state index >= 15 is 0 Å². The van der Waals surface area contributed by atoms with Gasteiger partial charge in [-0.25, -0.2) is 14.8 Å². The number of ether oxygens (including phenoxy) is 1. The van der Waals surface area contributed by atoms with Crippen LogP contribution in [-0.4, -0.2) is 29.2 Å². The van der Waals surface area contributed by atoms with Crippen LogP contribution >= 0.6 is 0 Å². The summed E-state index contributed by atoms with van der Waals surface area (Å²) >= 11 is 0. The van der Waals surface area contributed by atoms with Crippen LogP contribution in [0.25, 0.3) is 0 Å². The fourth-order valence-corrected chi connectivity index (χ4v) is 2.14. The lowest BCUT2D eigenvalue weighted by Gasteiger charge is -2.13. The molecule has 0 saturated carbocycles. The number of carbonyl (C=O) groups is 1. The Balaban J connectivity index is 1.63. The fourth-order valence-electron chi connectivity index (χ4n) is 2.14. The number of benzene rings is 1. The van der Waals surface area contributed by atoms with E-state index in [9.17, 15) is 4.79 Å². The molecule has 1 fully saturated rings. The van der Waals surface area contributed by atoms with Gasteiger partial charge in [-0.1, -0.05) is 12.1 Å². The van der Waals surface area contributed by atoms with Gasteiger partial charge in [-0.2, -0.15) is 0 Å². The molecule has 1 amide bonds. The molecule has 0 spiro atoms. The number of hydrogen-bond acceptors (Lipinski definition) is 5. The van der Waals surface area contributed by atoms with Crippen molar-refractivity contribution < 1.29 is 9.53 Å². The smallest absolute Gasteiger partial charge is 0.414 e. The first-order valence-electron chi connectivity index (χ1n) is 6.79. The highest BCUT2D eigenvalue weighted by atomic mass is 16.6. The third kappa shape index (κ3) is 3.10. The molecule has 1 saturated heterocycles. The molecule has 6 nitrogen and oxygen atoms in total. The fraction of sp³-hybridized carbons (Fsp3) is 0.267. The summed E-state index contributed by atoms with van der Waals surface area (Å²) in [5.41, 5.74) is 2.87. The van der Waals surface area contributed by atoms with Crippen molar-refractivity contribution in [3.63, 3.8) is 0 Å². The normalized spacial score (nSPS) is 14.1. The molecule has 1 aromatic carbocycles. The molecule has 2 aromatic rings. The van der Waals surface area contributed by atoms with Gasteiger partial charge in [0.25, 0.3) is 0 Å². The topological polar surface area (TPSA) is 67.3 Å². The maximum absolute atomic E-state index is 11.5. The minimum Gasteiger partial charge on any atom is -0.447 e. The van der Waals surface area contributed by atoms with E-state index in [1.165, 1.54) is 0 Å². The highest BCUT2D eigenvalue weighted by Crippen LogP contribution is 2.19. The van der Waals surface area contributed by atoms with Crippen molar-refractivity contribution in [2.45, 2.75) is 13.5 Å². The molecule has 0 unspecified atom stereocenters. The number of nitrogens with one attached hydrogen (secondary N) is 1. The first-order valence-corrected chi connectivity index (χ1v) is 6.79. The predicted molar refractivity (Wildman–Crippen MR) is 79.2 cm³/mol. The maximum atomic E-state index is 11.5. The lowest BCUT2D eigenvalue weighted by molar-refractivity contribution is 0.181. The average Bonchev–Trinajstić information content (AvgIpc) is 2.92. The Morgan fingerprint density at radius 2 is 2.10 bits per heavy atom. The van der Waals surface area contributed by atoms with Gasteiger partial charge in [-0.15, -0.1) is 0 Å². The standard InChI is InChI=1S/C15H16N4O2/c1-11-6-7-16-14(18-11)17-10-12-2-4-13(5-3-12)19-8-9-21-15(19)20/h2-7H,8-10H2,1H3,(H,16,17,18). The minimum absolute atomic E-state index is 0.283. The summed E-state index contributed by atoms with van der Waals surface area (Å²) in [7, 11) is 0. The summed E-state index contributed by atoms with van der Waals surface area (Å²) in [6, 6.07) is 9.64. The Morgan fingerprint density at radius 1 is 1.29 bits per heavy atom. The highest BCUT2D eigenvalue weighted by Gasteiger charge is 2.23. The van der Waals surface area contributed by atoms with Crippen molar-refractivity contribution >= 4 is 17.7 Å². The Kier molecular flexibility index (Phi) is 3.68. The van der Waals surface area contributed by atoms with E-state index in [0.717, 1.165) is 16.9 Å². The predicted octanol–water partition coefficient (Wildman–Crippen LogP) is 2.35. The maximum Gasteiger partial charge on any atom is 0.414 e. The van der Waals surface area contributed by atoms with E-state index in [1.807, 2.05) is 37.3 Å². The van der Waals surface area contributed by atoms with Gasteiger partial charge in [0, 0.05) is 24.1 Å². The zero-order valence-electron chi connectivity index (χ0n) is 11.7. The second kappa shape index (κ2) is 5.78. The third-order valence-corrected chi connectivity index (χ3v) is 3.25. The molecule has 0 bridgehead atoms. The number of hydrogen-bond donors (Lipinski definition) is 1. The second-order valence-corrected chi connectivity index (χ2v) is 4.81. The zero-order valence-corrected chi connectivity index (χ0v) is 11.7. The van der Waals surface area contributed by atoms with Crippen LogP contribution in [0.1, 0.15) is 11.3 Å². The van der Waals surface area contributed by atoms with Gasteiger partial charge in [-0.05, 0) is 30.7 Å². The molecule has 1 aromatic heterocycles. The average molecular weight is 284 g/mol. The Labute approximate surface area is 122 Å². The Hall–Kier alpha value is -2.63. The lowest BCUT2D eigenvalue weighted by atomic mass is 10.2. The molecule has 2 heterocycles. The van der Waals surface area contributed by atoms with Crippen LogP contribution in [0.3, 0.4) is 0 Å². The molecule has 0 atom stereocenters. The summed E-state index contributed by atoms with van der Waals surface area (Å²) < 4.78 is 4.92. The van der Waals surface area contributed by atoms with Gasteiger partial charge in [0.15, 0.2) is 0 Å². The largest absolute Gasteiger partial charge is 0.447 e. The number of carbonyl (C=O) groups excluding carboxylic acids is 1. The van der Waals surface area contributed by atoms with Gasteiger partial charge < -0.3 is 10.1 Å². The van der Waals surface area contributed by atoms with E-state index in [0.29, 0.717) is 25.6 Å². The van der Waals surface area contributed by atoms with Crippen LogP contribution in [-0.2, 0) is 11.3 Å². The molecular weight excluding hydrogens is 268 g/mol. The van der Waals surface area contributed by atoms with Gasteiger partial charge in [0.1, 0.15) is 6.61 Å². The molecule has 21 heavy (non-hydrogen) atoms. The number of nitrogens with zero attached hydrogens (tertiary/aromatic N) is 3. The van der Waals surface area contributed by atoms with Crippen LogP contribution in [0.4, 0.5) is 16.4 Å². The number of cyclic esters (lactones) is 1. The quantitative estimate of drug-likeness (QED) is 0.933. The van der Waals surface area contributed by atoms with Gasteiger partial charge in [-0.3, -0.25) is 4.90 Å². The molecule has 3 rings (SSSR count). The summed E-state index contributed by atoms with van der Waals surface area (Å²) in [4.78, 5) is 21.5. The number of anilines is 2. The van der Waals surface area contributed by atoms with Crippen LogP contribution in [0.5, 0.6) is 0 Å². The SMILES string of the molecule is Cc1ccnc(NCc2ccc(N3CCOC3=O)cc2)n1. The summed E-state index contributed by atoms with van der Waals surface area (Å²) in [5, 5.41) is 3.17. The number of amides is 1. The monoisotopic (exact) mass is 284 g/mol. The van der Waals surface area contributed by atoms with Crippen LogP contribution in [0, 0.1) is 6.92 Å². The Bertz CT molecular complexity index is 642. The molecular formula is C15H16N4O2. The van der Waals surface area contributed by atoms with E-state index < -0.39 is 0 Å². The molecule has 0 radical (unpaired) electrons. The number of aryl methyl sites for hydroxylation is 1. The van der Waals surface area contributed by atoms with E-state index in [4.69, 9.17) is 4.74 Å².